The van der Waals surface area contributed by atoms with Crippen LogP contribution in [0.1, 0.15) is 13.3 Å². The molecule has 0 saturated carbocycles. The second-order valence-electron chi connectivity index (χ2n) is 4.86. The van der Waals surface area contributed by atoms with Crippen molar-refractivity contribution in [2.45, 2.75) is 19.4 Å². The molecule has 0 aromatic heterocycles. The zero-order valence-corrected chi connectivity index (χ0v) is 10.9. The molecule has 2 rings (SSSR count). The number of rotatable bonds is 5. The molecule has 1 aliphatic heterocycles. The lowest BCUT2D eigenvalue weighted by molar-refractivity contribution is -0.143. The Balaban J connectivity index is 1.86. The lowest BCUT2D eigenvalue weighted by atomic mass is 10.0. The van der Waals surface area contributed by atoms with Gasteiger partial charge in [-0.25, -0.2) is 4.39 Å². The third-order valence-electron chi connectivity index (χ3n) is 3.53. The first-order valence-electron chi connectivity index (χ1n) is 6.44. The molecule has 2 unspecified atom stereocenters. The SMILES string of the molecule is CC1CCN(CCOc2ccccc2F)C1C(=O)O. The number of hydrogen-bond donors (Lipinski definition) is 1. The highest BCUT2D eigenvalue weighted by Gasteiger charge is 2.36. The molecular formula is C14H18FNO3. The van der Waals surface area contributed by atoms with Crippen molar-refractivity contribution in [3.63, 3.8) is 0 Å². The van der Waals surface area contributed by atoms with E-state index >= 15 is 0 Å². The minimum Gasteiger partial charge on any atom is -0.489 e. The van der Waals surface area contributed by atoms with Gasteiger partial charge in [0.25, 0.3) is 0 Å². The number of ether oxygens (including phenoxy) is 1. The van der Waals surface area contributed by atoms with E-state index in [1.807, 2.05) is 11.8 Å². The van der Waals surface area contributed by atoms with Gasteiger partial charge in [-0.3, -0.25) is 9.69 Å². The summed E-state index contributed by atoms with van der Waals surface area (Å²) < 4.78 is 18.7. The van der Waals surface area contributed by atoms with Crippen LogP contribution in [0.25, 0.3) is 0 Å². The molecule has 0 radical (unpaired) electrons. The van der Waals surface area contributed by atoms with Crippen LogP contribution in [0.2, 0.25) is 0 Å². The molecule has 19 heavy (non-hydrogen) atoms. The second-order valence-corrected chi connectivity index (χ2v) is 4.86. The maximum absolute atomic E-state index is 13.3. The van der Waals surface area contributed by atoms with Crippen LogP contribution in [0.4, 0.5) is 4.39 Å². The Kier molecular flexibility index (Phi) is 4.37. The highest BCUT2D eigenvalue weighted by Crippen LogP contribution is 2.24. The Labute approximate surface area is 111 Å². The van der Waals surface area contributed by atoms with Crippen LogP contribution in [0.3, 0.4) is 0 Å². The molecule has 4 nitrogen and oxygen atoms in total. The maximum atomic E-state index is 13.3. The Hall–Kier alpha value is -1.62. The molecule has 1 aromatic carbocycles. The van der Waals surface area contributed by atoms with Crippen molar-refractivity contribution in [2.75, 3.05) is 19.7 Å². The third-order valence-corrected chi connectivity index (χ3v) is 3.53. The number of likely N-dealkylation sites (tertiary alicyclic amines) is 1. The Morgan fingerprint density at radius 1 is 1.53 bits per heavy atom. The molecule has 0 spiro atoms. The predicted molar refractivity (Wildman–Crippen MR) is 68.7 cm³/mol. The summed E-state index contributed by atoms with van der Waals surface area (Å²) in [6.45, 7) is 3.47. The summed E-state index contributed by atoms with van der Waals surface area (Å²) >= 11 is 0. The lowest BCUT2D eigenvalue weighted by Crippen LogP contribution is -2.41. The first-order valence-corrected chi connectivity index (χ1v) is 6.44. The van der Waals surface area contributed by atoms with Crippen LogP contribution in [-0.4, -0.2) is 41.7 Å². The van der Waals surface area contributed by atoms with Crippen molar-refractivity contribution in [3.05, 3.63) is 30.1 Å². The van der Waals surface area contributed by atoms with Crippen LogP contribution in [-0.2, 0) is 4.79 Å². The summed E-state index contributed by atoms with van der Waals surface area (Å²) in [7, 11) is 0. The summed E-state index contributed by atoms with van der Waals surface area (Å²) in [4.78, 5) is 13.0. The van der Waals surface area contributed by atoms with E-state index in [0.29, 0.717) is 6.54 Å². The van der Waals surface area contributed by atoms with Gasteiger partial charge in [-0.15, -0.1) is 0 Å². The number of halogens is 1. The van der Waals surface area contributed by atoms with Crippen molar-refractivity contribution in [2.24, 2.45) is 5.92 Å². The zero-order chi connectivity index (χ0) is 13.8. The monoisotopic (exact) mass is 267 g/mol. The standard InChI is InChI=1S/C14H18FNO3/c1-10-6-7-16(13(10)14(17)18)8-9-19-12-5-3-2-4-11(12)15/h2-5,10,13H,6-9H2,1H3,(H,17,18). The largest absolute Gasteiger partial charge is 0.489 e. The van der Waals surface area contributed by atoms with Gasteiger partial charge in [-0.1, -0.05) is 19.1 Å². The third kappa shape index (κ3) is 3.23. The van der Waals surface area contributed by atoms with Crippen molar-refractivity contribution in [1.29, 1.82) is 0 Å². The topological polar surface area (TPSA) is 49.8 Å². The maximum Gasteiger partial charge on any atom is 0.321 e. The van der Waals surface area contributed by atoms with Crippen molar-refractivity contribution < 1.29 is 19.0 Å². The van der Waals surface area contributed by atoms with Gasteiger partial charge in [-0.05, 0) is 31.0 Å². The Morgan fingerprint density at radius 2 is 2.26 bits per heavy atom. The second kappa shape index (κ2) is 6.02. The molecule has 104 valence electrons. The predicted octanol–water partition coefficient (Wildman–Crippen LogP) is 2.00. The Bertz CT molecular complexity index is 452. The molecule has 0 amide bonds. The van der Waals surface area contributed by atoms with E-state index in [2.05, 4.69) is 0 Å². The number of carbonyl (C=O) groups is 1. The molecule has 1 aromatic rings. The van der Waals surface area contributed by atoms with Crippen LogP contribution in [0, 0.1) is 11.7 Å². The Morgan fingerprint density at radius 3 is 2.95 bits per heavy atom. The summed E-state index contributed by atoms with van der Waals surface area (Å²) in [5.74, 6) is -0.837. The van der Waals surface area contributed by atoms with E-state index in [-0.39, 0.29) is 18.3 Å². The number of para-hydroxylation sites is 1. The number of aliphatic carboxylic acids is 1. The van der Waals surface area contributed by atoms with E-state index in [9.17, 15) is 14.3 Å². The van der Waals surface area contributed by atoms with Gasteiger partial charge in [0.15, 0.2) is 11.6 Å². The summed E-state index contributed by atoms with van der Waals surface area (Å²) in [5, 5.41) is 9.17. The van der Waals surface area contributed by atoms with Crippen LogP contribution >= 0.6 is 0 Å². The molecule has 1 fully saturated rings. The molecule has 1 aliphatic rings. The lowest BCUT2D eigenvalue weighted by Gasteiger charge is -2.23. The highest BCUT2D eigenvalue weighted by atomic mass is 19.1. The van der Waals surface area contributed by atoms with Gasteiger partial charge in [0.05, 0.1) is 0 Å². The van der Waals surface area contributed by atoms with Gasteiger partial charge in [-0.2, -0.15) is 0 Å². The molecule has 1 heterocycles. The molecule has 0 aliphatic carbocycles. The van der Waals surface area contributed by atoms with E-state index < -0.39 is 17.8 Å². The summed E-state index contributed by atoms with van der Waals surface area (Å²) in [6.07, 6.45) is 0.872. The first kappa shape index (κ1) is 13.8. The average molecular weight is 267 g/mol. The molecule has 2 atom stereocenters. The van der Waals surface area contributed by atoms with Gasteiger partial charge in [0.2, 0.25) is 0 Å². The molecule has 0 bridgehead atoms. The number of nitrogens with zero attached hydrogens (tertiary/aromatic N) is 1. The molecule has 1 saturated heterocycles. The van der Waals surface area contributed by atoms with Gasteiger partial charge in [0.1, 0.15) is 12.6 Å². The summed E-state index contributed by atoms with van der Waals surface area (Å²) in [5.41, 5.74) is 0. The fraction of sp³-hybridized carbons (Fsp3) is 0.500. The van der Waals surface area contributed by atoms with Crippen LogP contribution < -0.4 is 4.74 Å². The van der Waals surface area contributed by atoms with E-state index in [1.54, 1.807) is 18.2 Å². The fourth-order valence-electron chi connectivity index (χ4n) is 2.51. The number of carboxylic acid groups (broad SMARTS) is 1. The van der Waals surface area contributed by atoms with Crippen molar-refractivity contribution >= 4 is 5.97 Å². The smallest absolute Gasteiger partial charge is 0.321 e. The van der Waals surface area contributed by atoms with E-state index in [1.165, 1.54) is 6.07 Å². The van der Waals surface area contributed by atoms with Crippen molar-refractivity contribution in [3.8, 4) is 5.75 Å². The summed E-state index contributed by atoms with van der Waals surface area (Å²) in [6, 6.07) is 5.76. The first-order chi connectivity index (χ1) is 9.09. The number of carboxylic acids is 1. The van der Waals surface area contributed by atoms with Gasteiger partial charge < -0.3 is 9.84 Å². The number of benzene rings is 1. The quantitative estimate of drug-likeness (QED) is 0.886. The normalized spacial score (nSPS) is 23.5. The van der Waals surface area contributed by atoms with Gasteiger partial charge >= 0.3 is 5.97 Å². The molecular weight excluding hydrogens is 249 g/mol. The molecule has 5 heteroatoms. The molecule has 1 N–H and O–H groups in total. The van der Waals surface area contributed by atoms with Gasteiger partial charge in [0, 0.05) is 6.54 Å². The van der Waals surface area contributed by atoms with Crippen LogP contribution in [0.15, 0.2) is 24.3 Å². The van der Waals surface area contributed by atoms with E-state index in [4.69, 9.17) is 4.74 Å². The van der Waals surface area contributed by atoms with Crippen LogP contribution in [0.5, 0.6) is 5.75 Å². The fourth-order valence-corrected chi connectivity index (χ4v) is 2.51. The minimum atomic E-state index is -0.795. The number of hydrogen-bond acceptors (Lipinski definition) is 3. The minimum absolute atomic E-state index is 0.144. The zero-order valence-electron chi connectivity index (χ0n) is 10.9. The van der Waals surface area contributed by atoms with Crippen molar-refractivity contribution in [1.82, 2.24) is 4.90 Å². The van der Waals surface area contributed by atoms with E-state index in [0.717, 1.165) is 13.0 Å². The highest BCUT2D eigenvalue weighted by molar-refractivity contribution is 5.74. The average Bonchev–Trinajstić information content (AvgIpc) is 2.73.